The highest BCUT2D eigenvalue weighted by atomic mass is 32.1. The molecule has 100 valence electrons. The fraction of sp³-hybridized carbons (Fsp3) is 0.0667. The molecule has 0 aliphatic rings. The number of rotatable bonds is 3. The first-order valence-corrected chi connectivity index (χ1v) is 6.56. The Morgan fingerprint density at radius 3 is 2.65 bits per heavy atom. The monoisotopic (exact) mass is 283 g/mol. The Balaban J connectivity index is 2.16. The number of ether oxygens (including phenoxy) is 1. The van der Waals surface area contributed by atoms with Crippen molar-refractivity contribution in [2.24, 2.45) is 0 Å². The van der Waals surface area contributed by atoms with Crippen molar-refractivity contribution >= 4 is 12.6 Å². The van der Waals surface area contributed by atoms with Gasteiger partial charge in [0.2, 0.25) is 0 Å². The zero-order valence-electron chi connectivity index (χ0n) is 10.9. The molecule has 0 unspecified atom stereocenters. The Kier molecular flexibility index (Phi) is 3.43. The Morgan fingerprint density at radius 1 is 1.10 bits per heavy atom. The van der Waals surface area contributed by atoms with E-state index in [0.29, 0.717) is 0 Å². The standard InChI is InChI=1S/C15H13N3OS/c1-19-12-4-2-3-11(9-12)14-13(15(20)18-17-14)10-5-7-16-8-6-10/h2-9H,1H3,(H2,17,18,20). The van der Waals surface area contributed by atoms with Crippen molar-refractivity contribution in [3.8, 4) is 28.1 Å². The maximum absolute atomic E-state index is 5.26. The topological polar surface area (TPSA) is 50.8 Å². The van der Waals surface area contributed by atoms with Crippen LogP contribution in [0.15, 0.2) is 53.8 Å². The van der Waals surface area contributed by atoms with Crippen LogP contribution in [0.5, 0.6) is 5.75 Å². The van der Waals surface area contributed by atoms with Crippen LogP contribution in [0.2, 0.25) is 0 Å². The highest BCUT2D eigenvalue weighted by molar-refractivity contribution is 7.80. The Labute approximate surface area is 122 Å². The second-order valence-electron chi connectivity index (χ2n) is 4.26. The van der Waals surface area contributed by atoms with Gasteiger partial charge in [0.15, 0.2) is 0 Å². The maximum atomic E-state index is 5.26. The molecule has 0 radical (unpaired) electrons. The Hall–Kier alpha value is -2.27. The first-order valence-electron chi connectivity index (χ1n) is 6.11. The summed E-state index contributed by atoms with van der Waals surface area (Å²) in [6.07, 6.45) is 3.51. The smallest absolute Gasteiger partial charge is 0.119 e. The first-order chi connectivity index (χ1) is 9.79. The van der Waals surface area contributed by atoms with Crippen LogP contribution in [0.3, 0.4) is 0 Å². The molecule has 4 nitrogen and oxygen atoms in total. The molecule has 0 amide bonds. The summed E-state index contributed by atoms with van der Waals surface area (Å²) >= 11 is 4.46. The minimum absolute atomic E-state index is 0.731. The van der Waals surface area contributed by atoms with Gasteiger partial charge in [0, 0.05) is 23.5 Å². The largest absolute Gasteiger partial charge is 0.497 e. The van der Waals surface area contributed by atoms with Crippen LogP contribution in [0.4, 0.5) is 0 Å². The summed E-state index contributed by atoms with van der Waals surface area (Å²) in [7, 11) is 1.65. The van der Waals surface area contributed by atoms with E-state index in [1.54, 1.807) is 19.5 Å². The lowest BCUT2D eigenvalue weighted by atomic mass is 10.0. The lowest BCUT2D eigenvalue weighted by Gasteiger charge is -2.05. The summed E-state index contributed by atoms with van der Waals surface area (Å²) in [6.45, 7) is 0. The molecule has 0 atom stereocenters. The third-order valence-electron chi connectivity index (χ3n) is 3.06. The molecule has 0 fully saturated rings. The molecule has 0 aliphatic carbocycles. The number of benzene rings is 1. The molecule has 0 bridgehead atoms. The predicted molar refractivity (Wildman–Crippen MR) is 81.1 cm³/mol. The molecule has 5 heteroatoms. The van der Waals surface area contributed by atoms with Crippen molar-refractivity contribution in [3.63, 3.8) is 0 Å². The number of pyridine rings is 1. The molecule has 3 aromatic rings. The number of nitrogens with one attached hydrogen (secondary N) is 1. The maximum Gasteiger partial charge on any atom is 0.119 e. The van der Waals surface area contributed by atoms with E-state index in [-0.39, 0.29) is 0 Å². The van der Waals surface area contributed by atoms with Gasteiger partial charge < -0.3 is 4.74 Å². The van der Waals surface area contributed by atoms with Crippen molar-refractivity contribution in [2.75, 3.05) is 7.11 Å². The average Bonchev–Trinajstić information content (AvgIpc) is 2.90. The van der Waals surface area contributed by atoms with E-state index in [1.807, 2.05) is 36.4 Å². The van der Waals surface area contributed by atoms with Gasteiger partial charge >= 0.3 is 0 Å². The summed E-state index contributed by atoms with van der Waals surface area (Å²) in [5, 5.41) is 8.02. The van der Waals surface area contributed by atoms with E-state index in [9.17, 15) is 0 Å². The Morgan fingerprint density at radius 2 is 1.90 bits per heavy atom. The zero-order chi connectivity index (χ0) is 13.9. The molecule has 20 heavy (non-hydrogen) atoms. The highest BCUT2D eigenvalue weighted by Gasteiger charge is 2.15. The summed E-state index contributed by atoms with van der Waals surface area (Å²) in [5.41, 5.74) is 3.81. The van der Waals surface area contributed by atoms with Crippen LogP contribution in [0, 0.1) is 0 Å². The van der Waals surface area contributed by atoms with Crippen molar-refractivity contribution in [3.05, 3.63) is 48.8 Å². The van der Waals surface area contributed by atoms with Gasteiger partial charge in [0.05, 0.1) is 12.1 Å². The van der Waals surface area contributed by atoms with Crippen LogP contribution in [0.1, 0.15) is 0 Å². The quantitative estimate of drug-likeness (QED) is 0.724. The number of methoxy groups -OCH3 is 1. The molecule has 0 saturated heterocycles. The fourth-order valence-electron chi connectivity index (χ4n) is 2.10. The van der Waals surface area contributed by atoms with Gasteiger partial charge in [-0.25, -0.2) is 0 Å². The number of hydrogen-bond donors (Lipinski definition) is 2. The molecule has 0 spiro atoms. The number of thiol groups is 1. The molecule has 1 aromatic carbocycles. The molecular weight excluding hydrogens is 270 g/mol. The van der Waals surface area contributed by atoms with Crippen molar-refractivity contribution in [2.45, 2.75) is 5.03 Å². The number of H-pyrrole nitrogens is 1. The first kappa shape index (κ1) is 12.7. The minimum Gasteiger partial charge on any atom is -0.497 e. The van der Waals surface area contributed by atoms with Crippen molar-refractivity contribution in [1.82, 2.24) is 15.2 Å². The second kappa shape index (κ2) is 5.38. The van der Waals surface area contributed by atoms with Gasteiger partial charge in [-0.05, 0) is 29.8 Å². The summed E-state index contributed by atoms with van der Waals surface area (Å²) in [6, 6.07) is 11.7. The normalized spacial score (nSPS) is 10.5. The lowest BCUT2D eigenvalue weighted by molar-refractivity contribution is 0.415. The van der Waals surface area contributed by atoms with Gasteiger partial charge in [-0.2, -0.15) is 5.10 Å². The minimum atomic E-state index is 0.731. The molecule has 3 rings (SSSR count). The van der Waals surface area contributed by atoms with Gasteiger partial charge in [-0.1, -0.05) is 12.1 Å². The van der Waals surface area contributed by atoms with Crippen LogP contribution in [0.25, 0.3) is 22.4 Å². The SMILES string of the molecule is COc1cccc(-c2n[nH]c(S)c2-c2ccncc2)c1. The second-order valence-corrected chi connectivity index (χ2v) is 4.71. The highest BCUT2D eigenvalue weighted by Crippen LogP contribution is 2.35. The zero-order valence-corrected chi connectivity index (χ0v) is 11.8. The van der Waals surface area contributed by atoms with Gasteiger partial charge in [-0.3, -0.25) is 10.1 Å². The van der Waals surface area contributed by atoms with E-state index in [0.717, 1.165) is 33.2 Å². The molecular formula is C15H13N3OS. The summed E-state index contributed by atoms with van der Waals surface area (Å²) in [4.78, 5) is 4.04. The number of aromatic nitrogens is 3. The Bertz CT molecular complexity index is 725. The van der Waals surface area contributed by atoms with Gasteiger partial charge in [0.1, 0.15) is 11.4 Å². The van der Waals surface area contributed by atoms with E-state index in [1.165, 1.54) is 0 Å². The van der Waals surface area contributed by atoms with Gasteiger partial charge in [0.25, 0.3) is 0 Å². The fourth-order valence-corrected chi connectivity index (χ4v) is 2.39. The number of hydrogen-bond acceptors (Lipinski definition) is 4. The molecule has 2 aromatic heterocycles. The molecule has 0 saturated carbocycles. The van der Waals surface area contributed by atoms with Crippen molar-refractivity contribution < 1.29 is 4.74 Å². The van der Waals surface area contributed by atoms with Crippen LogP contribution < -0.4 is 4.74 Å². The van der Waals surface area contributed by atoms with E-state index in [2.05, 4.69) is 27.8 Å². The van der Waals surface area contributed by atoms with E-state index < -0.39 is 0 Å². The molecule has 1 N–H and O–H groups in total. The number of nitrogens with zero attached hydrogens (tertiary/aromatic N) is 2. The summed E-state index contributed by atoms with van der Waals surface area (Å²) in [5.74, 6) is 0.798. The summed E-state index contributed by atoms with van der Waals surface area (Å²) < 4.78 is 5.26. The lowest BCUT2D eigenvalue weighted by Crippen LogP contribution is -1.86. The van der Waals surface area contributed by atoms with Crippen LogP contribution in [-0.2, 0) is 0 Å². The number of aromatic amines is 1. The van der Waals surface area contributed by atoms with Crippen LogP contribution >= 0.6 is 12.6 Å². The average molecular weight is 283 g/mol. The van der Waals surface area contributed by atoms with Crippen LogP contribution in [-0.4, -0.2) is 22.3 Å². The third-order valence-corrected chi connectivity index (χ3v) is 3.38. The molecule has 2 heterocycles. The van der Waals surface area contributed by atoms with E-state index in [4.69, 9.17) is 4.74 Å². The molecule has 0 aliphatic heterocycles. The van der Waals surface area contributed by atoms with Gasteiger partial charge in [-0.15, -0.1) is 12.6 Å². The third kappa shape index (κ3) is 2.28. The van der Waals surface area contributed by atoms with Crippen molar-refractivity contribution in [1.29, 1.82) is 0 Å². The van der Waals surface area contributed by atoms with E-state index >= 15 is 0 Å². The predicted octanol–water partition coefficient (Wildman–Crippen LogP) is 3.44.